The molecule has 0 spiro atoms. The molecule has 1 N–H and O–H groups in total. The lowest BCUT2D eigenvalue weighted by atomic mass is 10.0. The average molecular weight is 549 g/mol. The highest BCUT2D eigenvalue weighted by Crippen LogP contribution is 2.34. The fraction of sp³-hybridized carbons (Fsp3) is 0.448. The molecule has 0 saturated carbocycles. The highest BCUT2D eigenvalue weighted by Gasteiger charge is 2.29. The summed E-state index contributed by atoms with van der Waals surface area (Å²) >= 11 is 0. The van der Waals surface area contributed by atoms with Gasteiger partial charge in [-0.05, 0) is 64.8 Å². The summed E-state index contributed by atoms with van der Waals surface area (Å²) in [5, 5.41) is 16.3. The maximum atomic E-state index is 13.6. The van der Waals surface area contributed by atoms with E-state index in [1.54, 1.807) is 30.2 Å². The molecule has 1 aromatic carbocycles. The van der Waals surface area contributed by atoms with Crippen LogP contribution in [0.3, 0.4) is 0 Å². The topological polar surface area (TPSA) is 118 Å². The summed E-state index contributed by atoms with van der Waals surface area (Å²) in [6, 6.07) is 8.91. The van der Waals surface area contributed by atoms with Gasteiger partial charge in [-0.1, -0.05) is 0 Å². The molecule has 1 aliphatic heterocycles. The molecule has 0 radical (unpaired) electrons. The summed E-state index contributed by atoms with van der Waals surface area (Å²) in [5.41, 5.74) is 2.59. The zero-order chi connectivity index (χ0) is 28.8. The first-order chi connectivity index (χ1) is 19.0. The van der Waals surface area contributed by atoms with Crippen LogP contribution in [0.5, 0.6) is 5.75 Å². The first-order valence-corrected chi connectivity index (χ1v) is 13.6. The van der Waals surface area contributed by atoms with Crippen LogP contribution in [0, 0.1) is 5.21 Å². The van der Waals surface area contributed by atoms with Gasteiger partial charge in [0.2, 0.25) is 0 Å². The Hall–Kier alpha value is -4.28. The summed E-state index contributed by atoms with van der Waals surface area (Å²) in [6.07, 6.45) is 2.54. The van der Waals surface area contributed by atoms with Crippen LogP contribution in [-0.2, 0) is 18.3 Å². The van der Waals surface area contributed by atoms with Gasteiger partial charge in [-0.3, -0.25) is 4.79 Å². The van der Waals surface area contributed by atoms with E-state index < -0.39 is 11.7 Å². The lowest BCUT2D eigenvalue weighted by Crippen LogP contribution is -2.50. The Kier molecular flexibility index (Phi) is 7.07. The Bertz CT molecular complexity index is 1600. The smallest absolute Gasteiger partial charge is 0.407 e. The van der Waals surface area contributed by atoms with Crippen LogP contribution in [0.4, 0.5) is 4.79 Å². The molecule has 0 bridgehead atoms. The quantitative estimate of drug-likeness (QED) is 0.298. The van der Waals surface area contributed by atoms with Gasteiger partial charge in [0.25, 0.3) is 11.6 Å². The molecule has 3 aromatic heterocycles. The van der Waals surface area contributed by atoms with Gasteiger partial charge in [-0.25, -0.2) is 19.1 Å². The van der Waals surface area contributed by atoms with Gasteiger partial charge < -0.3 is 29.5 Å². The third-order valence-electron chi connectivity index (χ3n) is 7.18. The molecule has 5 rings (SSSR count). The predicted octanol–water partition coefficient (Wildman–Crippen LogP) is 3.99. The molecule has 0 aliphatic carbocycles. The highest BCUT2D eigenvalue weighted by atomic mass is 16.6. The number of carbonyl (C=O) groups is 2. The van der Waals surface area contributed by atoms with Crippen LogP contribution in [0.15, 0.2) is 36.5 Å². The molecule has 1 unspecified atom stereocenters. The van der Waals surface area contributed by atoms with Crippen molar-refractivity contribution in [1.82, 2.24) is 24.3 Å². The molecular weight excluding hydrogens is 512 g/mol. The zero-order valence-electron chi connectivity index (χ0n) is 23.9. The minimum Gasteiger partial charge on any atom is -0.711 e. The van der Waals surface area contributed by atoms with E-state index in [-0.39, 0.29) is 11.9 Å². The highest BCUT2D eigenvalue weighted by molar-refractivity contribution is 6.00. The fourth-order valence-electron chi connectivity index (χ4n) is 5.48. The number of piperidine rings is 1. The molecule has 40 heavy (non-hydrogen) atoms. The van der Waals surface area contributed by atoms with Crippen LogP contribution < -0.4 is 14.8 Å². The third kappa shape index (κ3) is 5.03. The molecule has 11 heteroatoms. The van der Waals surface area contributed by atoms with Crippen molar-refractivity contribution in [1.29, 1.82) is 0 Å². The molecule has 4 heterocycles. The number of hydrogen-bond donors (Lipinski definition) is 1. The standard InChI is InChI=1S/C29H36N6O5/c1-7-34-22(15-18-10-8-13-35(38)26(18)34)25-31-21-14-19(16-23(39-6)24(21)32(25)5)27(36)33-12-9-11-20(17-33)30-28(37)40-29(2,3)4/h8,10,13-16,20H,7,9,11-12,17H2,1-6H3,(H,30,37). The number of rotatable bonds is 5. The molecule has 212 valence electrons. The second-order valence-electron chi connectivity index (χ2n) is 11.2. The van der Waals surface area contributed by atoms with Gasteiger partial charge >= 0.3 is 6.09 Å². The van der Waals surface area contributed by atoms with Crippen LogP contribution in [0.25, 0.3) is 33.6 Å². The number of aromatic nitrogens is 4. The van der Waals surface area contributed by atoms with Crippen molar-refractivity contribution >= 4 is 34.1 Å². The molecule has 2 amide bonds. The van der Waals surface area contributed by atoms with Gasteiger partial charge in [0.1, 0.15) is 16.9 Å². The number of carbonyl (C=O) groups excluding carboxylic acids is 2. The maximum absolute atomic E-state index is 13.6. The zero-order valence-corrected chi connectivity index (χ0v) is 23.9. The van der Waals surface area contributed by atoms with Gasteiger partial charge in [0.15, 0.2) is 11.5 Å². The summed E-state index contributed by atoms with van der Waals surface area (Å²) in [7, 11) is 3.47. The van der Waals surface area contributed by atoms with Crippen molar-refractivity contribution in [2.75, 3.05) is 20.2 Å². The first kappa shape index (κ1) is 27.3. The van der Waals surface area contributed by atoms with E-state index >= 15 is 0 Å². The third-order valence-corrected chi connectivity index (χ3v) is 7.18. The second kappa shape index (κ2) is 10.4. The number of methoxy groups -OCH3 is 1. The van der Waals surface area contributed by atoms with Crippen LogP contribution in [0.2, 0.25) is 0 Å². The largest absolute Gasteiger partial charge is 0.711 e. The van der Waals surface area contributed by atoms with Gasteiger partial charge in [-0.2, -0.15) is 0 Å². The summed E-state index contributed by atoms with van der Waals surface area (Å²) < 4.78 is 15.9. The van der Waals surface area contributed by atoms with Gasteiger partial charge in [0.05, 0.1) is 30.8 Å². The van der Waals surface area contributed by atoms with Crippen molar-refractivity contribution in [2.45, 2.75) is 58.7 Å². The van der Waals surface area contributed by atoms with Crippen LogP contribution in [0.1, 0.15) is 50.9 Å². The normalized spacial score (nSPS) is 15.9. The molecule has 1 saturated heterocycles. The number of pyridine rings is 1. The van der Waals surface area contributed by atoms with Crippen molar-refractivity contribution < 1.29 is 23.8 Å². The van der Waals surface area contributed by atoms with Crippen molar-refractivity contribution in [3.63, 3.8) is 0 Å². The van der Waals surface area contributed by atoms with E-state index in [9.17, 15) is 14.8 Å². The number of alkyl carbamates (subject to hydrolysis) is 1. The number of nitrogens with zero attached hydrogens (tertiary/aromatic N) is 5. The minimum atomic E-state index is -0.594. The van der Waals surface area contributed by atoms with Gasteiger partial charge in [0, 0.05) is 37.8 Å². The molecule has 1 aliphatic rings. The molecule has 1 fully saturated rings. The van der Waals surface area contributed by atoms with E-state index in [2.05, 4.69) is 5.32 Å². The van der Waals surface area contributed by atoms with E-state index in [0.29, 0.717) is 47.9 Å². The van der Waals surface area contributed by atoms with E-state index in [4.69, 9.17) is 14.5 Å². The minimum absolute atomic E-state index is 0.154. The number of ether oxygens (including phenoxy) is 2. The Balaban J connectivity index is 1.47. The SMILES string of the molecule is CCn1c(-c2nc3cc(C(=O)N4CCCC(NC(=O)OC(C)(C)C)C4)cc(OC)c3n2C)cc2ccc[n+]([O-])c21. The summed E-state index contributed by atoms with van der Waals surface area (Å²) in [6.45, 7) is 9.00. The first-order valence-electron chi connectivity index (χ1n) is 13.6. The number of likely N-dealkylation sites (tertiary alicyclic amines) is 1. The monoisotopic (exact) mass is 548 g/mol. The van der Waals surface area contributed by atoms with Crippen molar-refractivity contribution in [3.8, 4) is 17.3 Å². The molecular formula is C29H36N6O5. The van der Waals surface area contributed by atoms with Crippen molar-refractivity contribution in [2.24, 2.45) is 7.05 Å². The number of benzene rings is 1. The van der Waals surface area contributed by atoms with E-state index in [1.807, 2.05) is 56.0 Å². The molecule has 1 atom stereocenters. The predicted molar refractivity (Wildman–Crippen MR) is 151 cm³/mol. The number of fused-ring (bicyclic) bond motifs is 2. The van der Waals surface area contributed by atoms with Crippen LogP contribution in [-0.4, -0.2) is 62.9 Å². The lowest BCUT2D eigenvalue weighted by Gasteiger charge is -2.33. The van der Waals surface area contributed by atoms with Gasteiger partial charge in [-0.15, -0.1) is 0 Å². The number of nitrogens with one attached hydrogen (secondary N) is 1. The Morgan fingerprint density at radius 1 is 1.25 bits per heavy atom. The summed E-state index contributed by atoms with van der Waals surface area (Å²) in [4.78, 5) is 32.6. The Morgan fingerprint density at radius 2 is 2.02 bits per heavy atom. The molecule has 4 aromatic rings. The maximum Gasteiger partial charge on any atom is 0.407 e. The van der Waals surface area contributed by atoms with Crippen LogP contribution >= 0.6 is 0 Å². The van der Waals surface area contributed by atoms with E-state index in [1.165, 1.54) is 6.20 Å². The Morgan fingerprint density at radius 3 is 2.73 bits per heavy atom. The Labute approximate surface area is 232 Å². The van der Waals surface area contributed by atoms with E-state index in [0.717, 1.165) is 34.2 Å². The number of hydrogen-bond acceptors (Lipinski definition) is 6. The van der Waals surface area contributed by atoms with Crippen molar-refractivity contribution in [3.05, 3.63) is 47.3 Å². The average Bonchev–Trinajstić information content (AvgIpc) is 3.44. The number of amides is 2. The number of aryl methyl sites for hydroxylation is 2. The second-order valence-corrected chi connectivity index (χ2v) is 11.2. The molecule has 11 nitrogen and oxygen atoms in total. The lowest BCUT2D eigenvalue weighted by molar-refractivity contribution is -0.580. The summed E-state index contributed by atoms with van der Waals surface area (Å²) in [5.74, 6) is 1.04. The number of imidazole rings is 1. The fourth-order valence-corrected chi connectivity index (χ4v) is 5.48.